The second kappa shape index (κ2) is 9.72. The molecule has 6 nitrogen and oxygen atoms in total. The molecule has 0 aliphatic carbocycles. The van der Waals surface area contributed by atoms with Gasteiger partial charge in [0.1, 0.15) is 12.0 Å². The van der Waals surface area contributed by atoms with E-state index in [2.05, 4.69) is 5.32 Å². The summed E-state index contributed by atoms with van der Waals surface area (Å²) < 4.78 is 44.4. The molecule has 2 rings (SSSR count). The van der Waals surface area contributed by atoms with Crippen molar-refractivity contribution in [2.45, 2.75) is 13.1 Å². The van der Waals surface area contributed by atoms with Crippen molar-refractivity contribution >= 4 is 23.8 Å². The topological polar surface area (TPSA) is 75.7 Å². The molecule has 1 N–H and O–H groups in total. The van der Waals surface area contributed by atoms with Gasteiger partial charge < -0.3 is 15.0 Å². The summed E-state index contributed by atoms with van der Waals surface area (Å²) in [5.41, 5.74) is -0.889. The maximum atomic E-state index is 13.0. The molecule has 0 saturated carbocycles. The fourth-order valence-corrected chi connectivity index (χ4v) is 2.46. The average Bonchev–Trinajstić information content (AvgIpc) is 2.70. The van der Waals surface area contributed by atoms with Gasteiger partial charge in [0, 0.05) is 12.1 Å². The van der Waals surface area contributed by atoms with Gasteiger partial charge in [0.05, 0.1) is 17.8 Å². The molecule has 0 radical (unpaired) electrons. The molecule has 154 valence electrons. The van der Waals surface area contributed by atoms with Gasteiger partial charge in [-0.05, 0) is 43.3 Å². The SMILES string of the molecule is CCN(CC(=O)Nc1ccccc1C(F)(F)F)C(=O)COc1ccc(C=O)cc1. The molecule has 0 spiro atoms. The Hall–Kier alpha value is -3.36. The monoisotopic (exact) mass is 408 g/mol. The highest BCUT2D eigenvalue weighted by atomic mass is 19.4. The van der Waals surface area contributed by atoms with Gasteiger partial charge >= 0.3 is 6.18 Å². The Bertz CT molecular complexity index is 867. The minimum absolute atomic E-state index is 0.167. The molecule has 0 aromatic heterocycles. The summed E-state index contributed by atoms with van der Waals surface area (Å²) in [7, 11) is 0. The third kappa shape index (κ3) is 6.34. The van der Waals surface area contributed by atoms with E-state index < -0.39 is 30.1 Å². The van der Waals surface area contributed by atoms with Crippen molar-refractivity contribution in [3.05, 3.63) is 59.7 Å². The first-order chi connectivity index (χ1) is 13.7. The zero-order chi connectivity index (χ0) is 21.4. The first-order valence-electron chi connectivity index (χ1n) is 8.66. The lowest BCUT2D eigenvalue weighted by Gasteiger charge is -2.21. The summed E-state index contributed by atoms with van der Waals surface area (Å²) in [6, 6.07) is 10.7. The van der Waals surface area contributed by atoms with Crippen molar-refractivity contribution in [3.63, 3.8) is 0 Å². The summed E-state index contributed by atoms with van der Waals surface area (Å²) in [6.45, 7) is 1.02. The molecule has 0 aliphatic rings. The molecule has 29 heavy (non-hydrogen) atoms. The number of amides is 2. The highest BCUT2D eigenvalue weighted by Crippen LogP contribution is 2.34. The molecule has 2 aromatic rings. The molecule has 0 atom stereocenters. The molecule has 2 amide bonds. The van der Waals surface area contributed by atoms with E-state index in [-0.39, 0.29) is 18.8 Å². The average molecular weight is 408 g/mol. The van der Waals surface area contributed by atoms with E-state index >= 15 is 0 Å². The Labute approximate surface area is 165 Å². The number of carbonyl (C=O) groups excluding carboxylic acids is 3. The third-order valence-electron chi connectivity index (χ3n) is 3.95. The van der Waals surface area contributed by atoms with Crippen molar-refractivity contribution in [2.24, 2.45) is 0 Å². The van der Waals surface area contributed by atoms with Crippen LogP contribution in [0.5, 0.6) is 5.75 Å². The van der Waals surface area contributed by atoms with E-state index in [4.69, 9.17) is 4.74 Å². The number of ether oxygens (including phenoxy) is 1. The quantitative estimate of drug-likeness (QED) is 0.680. The molecule has 0 aliphatic heterocycles. The van der Waals surface area contributed by atoms with Crippen LogP contribution < -0.4 is 10.1 Å². The van der Waals surface area contributed by atoms with Gasteiger partial charge in [-0.25, -0.2) is 0 Å². The lowest BCUT2D eigenvalue weighted by atomic mass is 10.1. The van der Waals surface area contributed by atoms with Gasteiger partial charge in [-0.15, -0.1) is 0 Å². The number of aldehydes is 1. The lowest BCUT2D eigenvalue weighted by molar-refractivity contribution is -0.137. The molecule has 0 fully saturated rings. The van der Waals surface area contributed by atoms with Gasteiger partial charge in [0.2, 0.25) is 5.91 Å². The van der Waals surface area contributed by atoms with Crippen LogP contribution in [-0.4, -0.2) is 42.7 Å². The number of hydrogen-bond acceptors (Lipinski definition) is 4. The second-order valence-electron chi connectivity index (χ2n) is 5.97. The van der Waals surface area contributed by atoms with Crippen molar-refractivity contribution < 1.29 is 32.3 Å². The van der Waals surface area contributed by atoms with Crippen LogP contribution in [0.2, 0.25) is 0 Å². The highest BCUT2D eigenvalue weighted by molar-refractivity contribution is 5.95. The third-order valence-corrected chi connectivity index (χ3v) is 3.95. The van der Waals surface area contributed by atoms with E-state index in [1.165, 1.54) is 36.4 Å². The number of alkyl halides is 3. The Balaban J connectivity index is 1.95. The number of likely N-dealkylation sites (N-methyl/N-ethyl adjacent to an activating group) is 1. The summed E-state index contributed by atoms with van der Waals surface area (Å²) in [5, 5.41) is 2.20. The molecular formula is C20H19F3N2O4. The number of halogens is 3. The predicted molar refractivity (Wildman–Crippen MR) is 99.7 cm³/mol. The van der Waals surface area contributed by atoms with E-state index in [0.29, 0.717) is 17.6 Å². The second-order valence-corrected chi connectivity index (χ2v) is 5.97. The first kappa shape index (κ1) is 21.9. The molecule has 0 saturated heterocycles. The van der Waals surface area contributed by atoms with Gasteiger partial charge in [-0.1, -0.05) is 12.1 Å². The molecular weight excluding hydrogens is 389 g/mol. The number of nitrogens with one attached hydrogen (secondary N) is 1. The fraction of sp³-hybridized carbons (Fsp3) is 0.250. The maximum absolute atomic E-state index is 13.0. The Morgan fingerprint density at radius 3 is 2.34 bits per heavy atom. The Morgan fingerprint density at radius 1 is 1.10 bits per heavy atom. The number of benzene rings is 2. The Morgan fingerprint density at radius 2 is 1.76 bits per heavy atom. The molecule has 2 aromatic carbocycles. The van der Waals surface area contributed by atoms with Crippen molar-refractivity contribution in [1.29, 1.82) is 0 Å². The number of rotatable bonds is 8. The normalized spacial score (nSPS) is 10.9. The summed E-state index contributed by atoms with van der Waals surface area (Å²) in [4.78, 5) is 36.2. The largest absolute Gasteiger partial charge is 0.484 e. The van der Waals surface area contributed by atoms with Crippen molar-refractivity contribution in [1.82, 2.24) is 4.90 Å². The predicted octanol–water partition coefficient (Wildman–Crippen LogP) is 3.38. The summed E-state index contributed by atoms with van der Waals surface area (Å²) in [6.07, 6.45) is -3.94. The molecule has 0 heterocycles. The highest BCUT2D eigenvalue weighted by Gasteiger charge is 2.33. The van der Waals surface area contributed by atoms with E-state index in [1.54, 1.807) is 6.92 Å². The molecule has 0 bridgehead atoms. The van der Waals surface area contributed by atoms with Crippen molar-refractivity contribution in [3.8, 4) is 5.75 Å². The van der Waals surface area contributed by atoms with E-state index in [9.17, 15) is 27.6 Å². The number of hydrogen-bond donors (Lipinski definition) is 1. The summed E-state index contributed by atoms with van der Waals surface area (Å²) >= 11 is 0. The fourth-order valence-electron chi connectivity index (χ4n) is 2.46. The van der Waals surface area contributed by atoms with Gasteiger partial charge in [0.25, 0.3) is 5.91 Å². The van der Waals surface area contributed by atoms with Crippen LogP contribution >= 0.6 is 0 Å². The van der Waals surface area contributed by atoms with Crippen LogP contribution in [0.1, 0.15) is 22.8 Å². The zero-order valence-electron chi connectivity index (χ0n) is 15.5. The van der Waals surface area contributed by atoms with E-state index in [1.807, 2.05) is 0 Å². The summed E-state index contributed by atoms with van der Waals surface area (Å²) in [5.74, 6) is -0.901. The first-order valence-corrected chi connectivity index (χ1v) is 8.66. The standard InChI is InChI=1S/C20H19F3N2O4/c1-2-25(19(28)13-29-15-9-7-14(12-26)8-10-15)11-18(27)24-17-6-4-3-5-16(17)20(21,22)23/h3-10,12H,2,11,13H2,1H3,(H,24,27). The number of anilines is 1. The smallest absolute Gasteiger partial charge is 0.418 e. The zero-order valence-corrected chi connectivity index (χ0v) is 15.5. The van der Waals surface area contributed by atoms with Crippen LogP contribution in [-0.2, 0) is 15.8 Å². The number of carbonyl (C=O) groups is 3. The van der Waals surface area contributed by atoms with Crippen LogP contribution in [0, 0.1) is 0 Å². The van der Waals surface area contributed by atoms with Gasteiger partial charge in [0.15, 0.2) is 6.61 Å². The Kier molecular flexibility index (Phi) is 7.35. The lowest BCUT2D eigenvalue weighted by Crippen LogP contribution is -2.40. The number of nitrogens with zero attached hydrogens (tertiary/aromatic N) is 1. The van der Waals surface area contributed by atoms with E-state index in [0.717, 1.165) is 17.0 Å². The maximum Gasteiger partial charge on any atom is 0.418 e. The van der Waals surface area contributed by atoms with Gasteiger partial charge in [-0.2, -0.15) is 13.2 Å². The van der Waals surface area contributed by atoms with Crippen LogP contribution in [0.4, 0.5) is 18.9 Å². The molecule has 0 unspecified atom stereocenters. The van der Waals surface area contributed by atoms with Crippen LogP contribution in [0.25, 0.3) is 0 Å². The minimum Gasteiger partial charge on any atom is -0.484 e. The minimum atomic E-state index is -4.61. The molecule has 9 heteroatoms. The van der Waals surface area contributed by atoms with Crippen LogP contribution in [0.15, 0.2) is 48.5 Å². The van der Waals surface area contributed by atoms with Gasteiger partial charge in [-0.3, -0.25) is 14.4 Å². The number of para-hydroxylation sites is 1. The van der Waals surface area contributed by atoms with Crippen LogP contribution in [0.3, 0.4) is 0 Å². The van der Waals surface area contributed by atoms with Crippen molar-refractivity contribution in [2.75, 3.05) is 25.0 Å².